The van der Waals surface area contributed by atoms with Crippen LogP contribution >= 0.6 is 11.6 Å². The van der Waals surface area contributed by atoms with Crippen LogP contribution in [0, 0.1) is 11.3 Å². The van der Waals surface area contributed by atoms with Crippen LogP contribution in [0.3, 0.4) is 0 Å². The number of nitriles is 1. The van der Waals surface area contributed by atoms with Crippen LogP contribution in [0.2, 0.25) is 5.02 Å². The molecule has 0 aromatic heterocycles. The van der Waals surface area contributed by atoms with Crippen molar-refractivity contribution in [2.45, 2.75) is 6.10 Å². The number of anilines is 1. The lowest BCUT2D eigenvalue weighted by atomic mass is 10.1. The lowest BCUT2D eigenvalue weighted by Gasteiger charge is -2.14. The highest BCUT2D eigenvalue weighted by Crippen LogP contribution is 2.21. The van der Waals surface area contributed by atoms with Crippen molar-refractivity contribution in [3.8, 4) is 6.07 Å². The van der Waals surface area contributed by atoms with Crippen molar-refractivity contribution < 1.29 is 9.90 Å². The van der Waals surface area contributed by atoms with Crippen LogP contribution in [-0.4, -0.2) is 17.7 Å². The number of urea groups is 1. The molecule has 0 aliphatic rings. The number of hydrogen-bond donors (Lipinski definition) is 3. The summed E-state index contributed by atoms with van der Waals surface area (Å²) in [5, 5.41) is 24.3. The summed E-state index contributed by atoms with van der Waals surface area (Å²) in [7, 11) is 0. The van der Waals surface area contributed by atoms with Gasteiger partial charge in [0.15, 0.2) is 0 Å². The summed E-state index contributed by atoms with van der Waals surface area (Å²) in [4.78, 5) is 11.8. The molecule has 6 heteroatoms. The van der Waals surface area contributed by atoms with Gasteiger partial charge in [-0.1, -0.05) is 29.8 Å². The summed E-state index contributed by atoms with van der Waals surface area (Å²) in [6.45, 7) is 0.0336. The Balaban J connectivity index is 1.87. The van der Waals surface area contributed by atoms with Crippen LogP contribution in [0.5, 0.6) is 0 Å². The third-order valence-electron chi connectivity index (χ3n) is 2.99. The van der Waals surface area contributed by atoms with Crippen molar-refractivity contribution >= 4 is 23.3 Å². The Bertz CT molecular complexity index is 695. The summed E-state index contributed by atoms with van der Waals surface area (Å²) < 4.78 is 0. The first kappa shape index (κ1) is 15.8. The van der Waals surface area contributed by atoms with Gasteiger partial charge in [-0.05, 0) is 30.3 Å². The molecule has 0 heterocycles. The van der Waals surface area contributed by atoms with Gasteiger partial charge in [0.2, 0.25) is 0 Å². The van der Waals surface area contributed by atoms with Crippen LogP contribution in [0.15, 0.2) is 48.5 Å². The average Bonchev–Trinajstić information content (AvgIpc) is 2.54. The van der Waals surface area contributed by atoms with Crippen LogP contribution in [0.4, 0.5) is 10.5 Å². The molecular formula is C16H14ClN3O2. The Kier molecular flexibility index (Phi) is 5.37. The van der Waals surface area contributed by atoms with Gasteiger partial charge in [0.1, 0.15) is 0 Å². The van der Waals surface area contributed by atoms with Crippen LogP contribution in [-0.2, 0) is 0 Å². The van der Waals surface area contributed by atoms with Gasteiger partial charge in [0, 0.05) is 22.8 Å². The molecule has 3 N–H and O–H groups in total. The summed E-state index contributed by atoms with van der Waals surface area (Å²) in [6, 6.07) is 14.9. The van der Waals surface area contributed by atoms with E-state index in [0.717, 1.165) is 0 Å². The number of hydrogen-bond acceptors (Lipinski definition) is 3. The highest BCUT2D eigenvalue weighted by Gasteiger charge is 2.12. The lowest BCUT2D eigenvalue weighted by Crippen LogP contribution is -2.32. The molecule has 112 valence electrons. The van der Waals surface area contributed by atoms with E-state index < -0.39 is 12.1 Å². The Morgan fingerprint density at radius 2 is 1.91 bits per heavy atom. The molecule has 0 saturated heterocycles. The van der Waals surface area contributed by atoms with Crippen molar-refractivity contribution in [1.29, 1.82) is 5.26 Å². The summed E-state index contributed by atoms with van der Waals surface area (Å²) >= 11 is 5.98. The maximum absolute atomic E-state index is 11.8. The van der Waals surface area contributed by atoms with Crippen molar-refractivity contribution in [3.05, 3.63) is 64.7 Å². The number of benzene rings is 2. The lowest BCUT2D eigenvalue weighted by molar-refractivity contribution is 0.175. The quantitative estimate of drug-likeness (QED) is 0.810. The zero-order chi connectivity index (χ0) is 15.9. The highest BCUT2D eigenvalue weighted by molar-refractivity contribution is 6.31. The van der Waals surface area contributed by atoms with E-state index >= 15 is 0 Å². The number of halogens is 1. The zero-order valence-corrected chi connectivity index (χ0v) is 12.3. The molecule has 0 saturated carbocycles. The second-order valence-corrected chi connectivity index (χ2v) is 4.97. The molecule has 0 aliphatic carbocycles. The number of rotatable bonds is 4. The van der Waals surface area contributed by atoms with Crippen LogP contribution in [0.25, 0.3) is 0 Å². The predicted molar refractivity (Wildman–Crippen MR) is 84.6 cm³/mol. The number of aliphatic hydroxyl groups is 1. The van der Waals surface area contributed by atoms with E-state index in [1.165, 1.54) is 0 Å². The Morgan fingerprint density at radius 3 is 2.55 bits per heavy atom. The maximum atomic E-state index is 11.8. The van der Waals surface area contributed by atoms with E-state index in [9.17, 15) is 9.90 Å². The van der Waals surface area contributed by atoms with Crippen molar-refractivity contribution in [3.63, 3.8) is 0 Å². The molecule has 0 radical (unpaired) electrons. The average molecular weight is 316 g/mol. The highest BCUT2D eigenvalue weighted by atomic mass is 35.5. The minimum Gasteiger partial charge on any atom is -0.387 e. The van der Waals surface area contributed by atoms with Gasteiger partial charge in [0.25, 0.3) is 0 Å². The fourth-order valence-electron chi connectivity index (χ4n) is 1.85. The molecule has 22 heavy (non-hydrogen) atoms. The van der Waals surface area contributed by atoms with Gasteiger partial charge in [-0.25, -0.2) is 4.79 Å². The number of nitrogens with one attached hydrogen (secondary N) is 2. The number of carbonyl (C=O) groups is 1. The van der Waals surface area contributed by atoms with Gasteiger partial charge >= 0.3 is 6.03 Å². The standard InChI is InChI=1S/C16H14ClN3O2/c17-14-4-2-1-3-13(14)15(21)10-19-16(22)20-12-7-5-11(9-18)6-8-12/h1-8,15,21H,10H2,(H2,19,20,22). The van der Waals surface area contributed by atoms with E-state index in [2.05, 4.69) is 10.6 Å². The minimum atomic E-state index is -0.889. The largest absolute Gasteiger partial charge is 0.387 e. The van der Waals surface area contributed by atoms with Gasteiger partial charge in [-0.2, -0.15) is 5.26 Å². The van der Waals surface area contributed by atoms with E-state index in [4.69, 9.17) is 16.9 Å². The molecule has 0 bridgehead atoms. The molecule has 2 amide bonds. The van der Waals surface area contributed by atoms with Gasteiger partial charge in [-0.15, -0.1) is 0 Å². The minimum absolute atomic E-state index is 0.0336. The molecular weight excluding hydrogens is 302 g/mol. The van der Waals surface area contributed by atoms with Crippen LogP contribution in [0.1, 0.15) is 17.2 Å². The summed E-state index contributed by atoms with van der Waals surface area (Å²) in [6.07, 6.45) is -0.889. The Labute approximate surface area is 133 Å². The number of carbonyl (C=O) groups excluding carboxylic acids is 1. The topological polar surface area (TPSA) is 85.2 Å². The SMILES string of the molecule is N#Cc1ccc(NC(=O)NCC(O)c2ccccc2Cl)cc1. The van der Waals surface area contributed by atoms with E-state index in [1.807, 2.05) is 6.07 Å². The summed E-state index contributed by atoms with van der Waals surface area (Å²) in [5.41, 5.74) is 1.63. The zero-order valence-electron chi connectivity index (χ0n) is 11.6. The fraction of sp³-hybridized carbons (Fsp3) is 0.125. The number of aliphatic hydroxyl groups excluding tert-OH is 1. The van der Waals surface area contributed by atoms with E-state index in [-0.39, 0.29) is 6.54 Å². The third kappa shape index (κ3) is 4.22. The predicted octanol–water partition coefficient (Wildman–Crippen LogP) is 3.07. The first-order valence-corrected chi connectivity index (χ1v) is 6.95. The molecule has 0 fully saturated rings. The Hall–Kier alpha value is -2.55. The number of amides is 2. The fourth-order valence-corrected chi connectivity index (χ4v) is 2.11. The Morgan fingerprint density at radius 1 is 1.23 bits per heavy atom. The normalized spacial score (nSPS) is 11.3. The second kappa shape index (κ2) is 7.46. The first-order chi connectivity index (χ1) is 10.6. The second-order valence-electron chi connectivity index (χ2n) is 4.56. The molecule has 5 nitrogen and oxygen atoms in total. The van der Waals surface area contributed by atoms with Gasteiger partial charge in [0.05, 0.1) is 17.7 Å². The van der Waals surface area contributed by atoms with Crippen LogP contribution < -0.4 is 10.6 Å². The van der Waals surface area contributed by atoms with Gasteiger partial charge < -0.3 is 15.7 Å². The summed E-state index contributed by atoms with van der Waals surface area (Å²) in [5.74, 6) is 0. The molecule has 1 unspecified atom stereocenters. The first-order valence-electron chi connectivity index (χ1n) is 6.57. The number of nitrogens with zero attached hydrogens (tertiary/aromatic N) is 1. The molecule has 2 aromatic rings. The van der Waals surface area contributed by atoms with E-state index in [0.29, 0.717) is 21.8 Å². The van der Waals surface area contributed by atoms with Crippen molar-refractivity contribution in [1.82, 2.24) is 5.32 Å². The maximum Gasteiger partial charge on any atom is 0.319 e. The smallest absolute Gasteiger partial charge is 0.319 e. The van der Waals surface area contributed by atoms with E-state index in [1.54, 1.807) is 48.5 Å². The molecule has 2 aromatic carbocycles. The van der Waals surface area contributed by atoms with Crippen molar-refractivity contribution in [2.75, 3.05) is 11.9 Å². The molecule has 2 rings (SSSR count). The molecule has 1 atom stereocenters. The van der Waals surface area contributed by atoms with Crippen molar-refractivity contribution in [2.24, 2.45) is 0 Å². The molecule has 0 spiro atoms. The monoisotopic (exact) mass is 315 g/mol. The van der Waals surface area contributed by atoms with Gasteiger partial charge in [-0.3, -0.25) is 0 Å². The third-order valence-corrected chi connectivity index (χ3v) is 3.34. The molecule has 0 aliphatic heterocycles.